The zero-order valence-electron chi connectivity index (χ0n) is 20.7. The minimum Gasteiger partial charge on any atom is -0.478 e. The van der Waals surface area contributed by atoms with Crippen LogP contribution >= 0.6 is 11.6 Å². The summed E-state index contributed by atoms with van der Waals surface area (Å²) >= 11 is 5.97. The summed E-state index contributed by atoms with van der Waals surface area (Å²) in [5.74, 6) is 1.67. The Morgan fingerprint density at radius 1 is 0.889 bits per heavy atom. The summed E-state index contributed by atoms with van der Waals surface area (Å²) in [7, 11) is 0. The van der Waals surface area contributed by atoms with Gasteiger partial charge in [-0.3, -0.25) is 9.69 Å². The number of hydrogen-bond acceptors (Lipinski definition) is 4. The van der Waals surface area contributed by atoms with Gasteiger partial charge in [0.25, 0.3) is 5.91 Å². The first kappa shape index (κ1) is 24.3. The first-order valence-corrected chi connectivity index (χ1v) is 12.7. The fourth-order valence-corrected chi connectivity index (χ4v) is 4.85. The van der Waals surface area contributed by atoms with Crippen LogP contribution < -0.4 is 4.74 Å². The lowest BCUT2D eigenvalue weighted by molar-refractivity contribution is -0.147. The molecule has 6 nitrogen and oxygen atoms in total. The first-order valence-electron chi connectivity index (χ1n) is 12.3. The number of hydrogen-bond donors (Lipinski definition) is 0. The molecule has 1 aromatic heterocycles. The summed E-state index contributed by atoms with van der Waals surface area (Å²) < 4.78 is 8.33. The van der Waals surface area contributed by atoms with Crippen molar-refractivity contribution in [2.75, 3.05) is 26.2 Å². The smallest absolute Gasteiger partial charge is 0.266 e. The molecule has 0 spiro atoms. The molecule has 0 bridgehead atoms. The van der Waals surface area contributed by atoms with E-state index in [0.29, 0.717) is 23.9 Å². The number of carbonyl (C=O) groups is 1. The molecular formula is C29H31ClN4O2. The second kappa shape index (κ2) is 10.3. The van der Waals surface area contributed by atoms with Crippen LogP contribution in [0, 0.1) is 0 Å². The van der Waals surface area contributed by atoms with Crippen molar-refractivity contribution >= 4 is 28.5 Å². The Kier molecular flexibility index (Phi) is 6.99. The van der Waals surface area contributed by atoms with Gasteiger partial charge in [-0.2, -0.15) is 0 Å². The van der Waals surface area contributed by atoms with E-state index in [1.807, 2.05) is 30.9 Å². The largest absolute Gasteiger partial charge is 0.478 e. The molecule has 5 rings (SSSR count). The van der Waals surface area contributed by atoms with Crippen molar-refractivity contribution in [2.45, 2.75) is 32.5 Å². The van der Waals surface area contributed by atoms with Gasteiger partial charge in [0.05, 0.1) is 17.6 Å². The van der Waals surface area contributed by atoms with E-state index in [1.54, 1.807) is 24.3 Å². The summed E-state index contributed by atoms with van der Waals surface area (Å²) in [4.78, 5) is 22.5. The predicted molar refractivity (Wildman–Crippen MR) is 143 cm³/mol. The van der Waals surface area contributed by atoms with Crippen LogP contribution in [-0.4, -0.2) is 57.0 Å². The number of fused-ring (bicyclic) bond motifs is 1. The summed E-state index contributed by atoms with van der Waals surface area (Å²) in [6.07, 6.45) is 0. The molecule has 1 amide bonds. The van der Waals surface area contributed by atoms with E-state index in [2.05, 4.69) is 51.9 Å². The lowest BCUT2D eigenvalue weighted by Gasteiger charge is -2.38. The normalized spacial score (nSPS) is 14.8. The second-order valence-electron chi connectivity index (χ2n) is 9.72. The molecule has 0 unspecified atom stereocenters. The third-order valence-electron chi connectivity index (χ3n) is 6.64. The van der Waals surface area contributed by atoms with E-state index in [9.17, 15) is 4.79 Å². The summed E-state index contributed by atoms with van der Waals surface area (Å²) in [5.41, 5.74) is 2.45. The van der Waals surface area contributed by atoms with Gasteiger partial charge < -0.3 is 14.2 Å². The number of imidazole rings is 1. The Balaban J connectivity index is 1.25. The SMILES string of the molecule is CC(C)(Oc1ccc(Cl)cc1)C(=O)N1CCN(Cc2nc3ccccc3n2Cc2ccccc2)CC1. The first-order chi connectivity index (χ1) is 17.4. The number of rotatable bonds is 7. The maximum absolute atomic E-state index is 13.3. The van der Waals surface area contributed by atoms with E-state index < -0.39 is 5.60 Å². The van der Waals surface area contributed by atoms with Crippen molar-refractivity contribution in [2.24, 2.45) is 0 Å². The van der Waals surface area contributed by atoms with Gasteiger partial charge in [-0.15, -0.1) is 0 Å². The number of amides is 1. The molecule has 1 saturated heterocycles. The van der Waals surface area contributed by atoms with E-state index in [4.69, 9.17) is 21.3 Å². The van der Waals surface area contributed by atoms with Crippen LogP contribution in [0.2, 0.25) is 5.02 Å². The van der Waals surface area contributed by atoms with Crippen molar-refractivity contribution in [3.05, 3.63) is 95.3 Å². The van der Waals surface area contributed by atoms with Crippen molar-refractivity contribution < 1.29 is 9.53 Å². The average molecular weight is 503 g/mol. The van der Waals surface area contributed by atoms with Crippen LogP contribution in [0.5, 0.6) is 5.75 Å². The molecule has 3 aromatic carbocycles. The van der Waals surface area contributed by atoms with E-state index in [0.717, 1.165) is 43.0 Å². The molecular weight excluding hydrogens is 472 g/mol. The predicted octanol–water partition coefficient (Wildman–Crippen LogP) is 5.24. The number of carbonyl (C=O) groups excluding carboxylic acids is 1. The summed E-state index contributed by atoms with van der Waals surface area (Å²) in [6.45, 7) is 8.06. The van der Waals surface area contributed by atoms with Gasteiger partial charge in [-0.1, -0.05) is 54.1 Å². The van der Waals surface area contributed by atoms with Crippen molar-refractivity contribution in [1.29, 1.82) is 0 Å². The van der Waals surface area contributed by atoms with Crippen molar-refractivity contribution in [1.82, 2.24) is 19.4 Å². The molecule has 7 heteroatoms. The maximum Gasteiger partial charge on any atom is 0.266 e. The van der Waals surface area contributed by atoms with Gasteiger partial charge in [-0.05, 0) is 55.8 Å². The second-order valence-corrected chi connectivity index (χ2v) is 10.2. The van der Waals surface area contributed by atoms with Crippen LogP contribution in [0.4, 0.5) is 0 Å². The molecule has 36 heavy (non-hydrogen) atoms. The molecule has 4 aromatic rings. The number of piperazine rings is 1. The van der Waals surface area contributed by atoms with Crippen LogP contribution in [0.1, 0.15) is 25.2 Å². The van der Waals surface area contributed by atoms with Crippen LogP contribution in [0.15, 0.2) is 78.9 Å². The molecule has 1 fully saturated rings. The fourth-order valence-electron chi connectivity index (χ4n) is 4.72. The Labute approximate surface area is 217 Å². The standard InChI is InChI=1S/C29H31ClN4O2/c1-29(2,36-24-14-12-23(30)13-15-24)28(35)33-18-16-32(17-19-33)21-27-31-25-10-6-7-11-26(25)34(27)20-22-8-4-3-5-9-22/h3-15H,16-21H2,1-2H3. The van der Waals surface area contributed by atoms with Gasteiger partial charge in [0.15, 0.2) is 5.60 Å². The highest BCUT2D eigenvalue weighted by Crippen LogP contribution is 2.24. The van der Waals surface area contributed by atoms with Gasteiger partial charge in [0.2, 0.25) is 0 Å². The minimum atomic E-state index is -0.959. The topological polar surface area (TPSA) is 50.6 Å². The highest BCUT2D eigenvalue weighted by atomic mass is 35.5. The Hall–Kier alpha value is -3.35. The zero-order valence-corrected chi connectivity index (χ0v) is 21.5. The quantitative estimate of drug-likeness (QED) is 0.347. The zero-order chi connectivity index (χ0) is 25.1. The van der Waals surface area contributed by atoms with Gasteiger partial charge in [0.1, 0.15) is 11.6 Å². The van der Waals surface area contributed by atoms with E-state index in [-0.39, 0.29) is 5.91 Å². The van der Waals surface area contributed by atoms with Crippen molar-refractivity contribution in [3.63, 3.8) is 0 Å². The highest BCUT2D eigenvalue weighted by molar-refractivity contribution is 6.30. The lowest BCUT2D eigenvalue weighted by Crippen LogP contribution is -2.55. The number of aromatic nitrogens is 2. The number of ether oxygens (including phenoxy) is 1. The van der Waals surface area contributed by atoms with Gasteiger partial charge in [0, 0.05) is 37.7 Å². The third-order valence-corrected chi connectivity index (χ3v) is 6.90. The van der Waals surface area contributed by atoms with E-state index in [1.165, 1.54) is 5.56 Å². The number of para-hydroxylation sites is 2. The molecule has 0 radical (unpaired) electrons. The Bertz CT molecular complexity index is 1330. The molecule has 186 valence electrons. The molecule has 0 saturated carbocycles. The summed E-state index contributed by atoms with van der Waals surface area (Å²) in [6, 6.07) is 25.9. The van der Waals surface area contributed by atoms with Gasteiger partial charge >= 0.3 is 0 Å². The van der Waals surface area contributed by atoms with Crippen LogP contribution in [0.3, 0.4) is 0 Å². The molecule has 1 aliphatic rings. The fraction of sp³-hybridized carbons (Fsp3) is 0.310. The monoisotopic (exact) mass is 502 g/mol. The molecule has 0 atom stereocenters. The third kappa shape index (κ3) is 5.40. The molecule has 1 aliphatic heterocycles. The maximum atomic E-state index is 13.3. The highest BCUT2D eigenvalue weighted by Gasteiger charge is 2.36. The number of benzene rings is 3. The Morgan fingerprint density at radius 2 is 1.56 bits per heavy atom. The van der Waals surface area contributed by atoms with Gasteiger partial charge in [-0.25, -0.2) is 4.98 Å². The number of halogens is 1. The van der Waals surface area contributed by atoms with Crippen LogP contribution in [0.25, 0.3) is 11.0 Å². The van der Waals surface area contributed by atoms with Crippen LogP contribution in [-0.2, 0) is 17.9 Å². The molecule has 0 aliphatic carbocycles. The molecule has 0 N–H and O–H groups in total. The molecule has 2 heterocycles. The van der Waals surface area contributed by atoms with E-state index >= 15 is 0 Å². The van der Waals surface area contributed by atoms with Crippen molar-refractivity contribution in [3.8, 4) is 5.75 Å². The average Bonchev–Trinajstić information content (AvgIpc) is 3.22. The minimum absolute atomic E-state index is 0.00610. The lowest BCUT2D eigenvalue weighted by atomic mass is 10.1. The Morgan fingerprint density at radius 3 is 2.28 bits per heavy atom. The number of nitrogens with zero attached hydrogens (tertiary/aromatic N) is 4. The summed E-state index contributed by atoms with van der Waals surface area (Å²) in [5, 5.41) is 0.639.